The average Bonchev–Trinajstić information content (AvgIpc) is 2.68. The fraction of sp³-hybridized carbons (Fsp3) is 0.700. The lowest BCUT2D eigenvalue weighted by atomic mass is 9.79. The lowest BCUT2D eigenvalue weighted by Gasteiger charge is -2.38. The Morgan fingerprint density at radius 2 is 1.39 bits per heavy atom. The van der Waals surface area contributed by atoms with Crippen molar-refractivity contribution >= 4 is 87.0 Å². The molecule has 2 bridgehead atoms. The Balaban J connectivity index is 2.30. The Morgan fingerprint density at radius 3 is 1.89 bits per heavy atom. The van der Waals surface area contributed by atoms with E-state index in [9.17, 15) is 4.79 Å². The molecule has 1 nitrogen and oxygen atoms in total. The highest BCUT2D eigenvalue weighted by molar-refractivity contribution is 6.63. The summed E-state index contributed by atoms with van der Waals surface area (Å²) in [6.07, 6.45) is 1.30. The van der Waals surface area contributed by atoms with Crippen molar-refractivity contribution in [3.63, 3.8) is 0 Å². The Hall–Kier alpha value is 1.44. The van der Waals surface area contributed by atoms with Crippen molar-refractivity contribution in [1.82, 2.24) is 0 Å². The van der Waals surface area contributed by atoms with Crippen LogP contribution >= 0.6 is 81.2 Å². The SMILES string of the molecule is O=C1C=C(Cl)[C@H]2[C@@H]1[C@@]1(Cl)[C@H](Cl)[C@H](Cl)[C@]2(Cl)C1(Cl)Cl. The van der Waals surface area contributed by atoms with E-state index in [1.54, 1.807) is 0 Å². The zero-order valence-electron chi connectivity index (χ0n) is 8.44. The van der Waals surface area contributed by atoms with E-state index in [2.05, 4.69) is 0 Å². The molecule has 3 aliphatic rings. The van der Waals surface area contributed by atoms with Crippen LogP contribution in [0.4, 0.5) is 0 Å². The molecule has 0 aromatic heterocycles. The van der Waals surface area contributed by atoms with Crippen LogP contribution in [0.5, 0.6) is 0 Å². The van der Waals surface area contributed by atoms with Gasteiger partial charge in [-0.15, -0.1) is 46.4 Å². The van der Waals surface area contributed by atoms with Crippen molar-refractivity contribution in [2.75, 3.05) is 0 Å². The Bertz CT molecular complexity index is 489. The maximum Gasteiger partial charge on any atom is 0.162 e. The number of allylic oxidation sites excluding steroid dienone is 2. The van der Waals surface area contributed by atoms with E-state index in [0.717, 1.165) is 0 Å². The largest absolute Gasteiger partial charge is 0.294 e. The molecule has 2 fully saturated rings. The summed E-state index contributed by atoms with van der Waals surface area (Å²) < 4.78 is -1.64. The third kappa shape index (κ3) is 1.17. The molecule has 0 unspecified atom stereocenters. The van der Waals surface area contributed by atoms with Crippen molar-refractivity contribution in [3.8, 4) is 0 Å². The summed E-state index contributed by atoms with van der Waals surface area (Å²) in [6.45, 7) is 0. The number of halogens is 7. The van der Waals surface area contributed by atoms with E-state index in [1.807, 2.05) is 0 Å². The summed E-state index contributed by atoms with van der Waals surface area (Å²) in [5.41, 5.74) is 0. The molecule has 3 aliphatic carbocycles. The molecule has 0 aliphatic heterocycles. The van der Waals surface area contributed by atoms with E-state index < -0.39 is 36.7 Å². The van der Waals surface area contributed by atoms with Crippen molar-refractivity contribution in [2.24, 2.45) is 11.8 Å². The molecule has 0 aromatic carbocycles. The Kier molecular flexibility index (Phi) is 3.03. The molecular formula is C10H5Cl7O. The van der Waals surface area contributed by atoms with Gasteiger partial charge in [0.1, 0.15) is 9.75 Å². The number of hydrogen-bond donors (Lipinski definition) is 0. The Labute approximate surface area is 139 Å². The van der Waals surface area contributed by atoms with Gasteiger partial charge in [0.2, 0.25) is 0 Å². The zero-order valence-corrected chi connectivity index (χ0v) is 13.7. The maximum atomic E-state index is 12.0. The van der Waals surface area contributed by atoms with Gasteiger partial charge in [0.25, 0.3) is 0 Å². The van der Waals surface area contributed by atoms with Crippen LogP contribution < -0.4 is 0 Å². The van der Waals surface area contributed by atoms with Gasteiger partial charge < -0.3 is 0 Å². The normalized spacial score (nSPS) is 56.8. The first kappa shape index (κ1) is 14.4. The van der Waals surface area contributed by atoms with E-state index >= 15 is 0 Å². The second-order valence-corrected chi connectivity index (χ2v) is 8.76. The summed E-state index contributed by atoms with van der Waals surface area (Å²) in [6, 6.07) is 0. The van der Waals surface area contributed by atoms with E-state index in [1.165, 1.54) is 6.08 Å². The maximum absolute atomic E-state index is 12.0. The number of alkyl halides is 6. The van der Waals surface area contributed by atoms with Crippen molar-refractivity contribution in [3.05, 3.63) is 11.1 Å². The number of carbonyl (C=O) groups is 1. The first-order valence-corrected chi connectivity index (χ1v) is 7.82. The molecule has 0 heterocycles. The van der Waals surface area contributed by atoms with Crippen LogP contribution in [0.25, 0.3) is 0 Å². The van der Waals surface area contributed by atoms with Gasteiger partial charge in [-0.25, -0.2) is 0 Å². The summed E-state index contributed by atoms with van der Waals surface area (Å²) in [5.74, 6) is -1.60. The van der Waals surface area contributed by atoms with Crippen LogP contribution in [0.15, 0.2) is 11.1 Å². The number of ketones is 1. The monoisotopic (exact) mass is 386 g/mol. The average molecular weight is 389 g/mol. The minimum absolute atomic E-state index is 0.262. The molecule has 0 radical (unpaired) electrons. The minimum atomic E-state index is -1.64. The van der Waals surface area contributed by atoms with E-state index in [4.69, 9.17) is 81.2 Å². The topological polar surface area (TPSA) is 17.1 Å². The molecule has 100 valence electrons. The quantitative estimate of drug-likeness (QED) is 0.565. The zero-order chi connectivity index (χ0) is 13.7. The molecule has 6 atom stereocenters. The molecule has 18 heavy (non-hydrogen) atoms. The van der Waals surface area contributed by atoms with Crippen LogP contribution in [0.2, 0.25) is 0 Å². The van der Waals surface area contributed by atoms with Crippen LogP contribution in [-0.2, 0) is 4.79 Å². The third-order valence-corrected chi connectivity index (χ3v) is 9.18. The standard InChI is InChI=1S/C10H5Cl7O/c11-2-1-3(18)5-4(2)8(14)6(12)7(13)9(5,15)10(8,16)17/h1,4-7H/t4-,5+,6-,7+,8-,9+/m0/s1. The van der Waals surface area contributed by atoms with Gasteiger partial charge in [0.15, 0.2) is 10.1 Å². The van der Waals surface area contributed by atoms with Gasteiger partial charge in [-0.3, -0.25) is 4.79 Å². The van der Waals surface area contributed by atoms with E-state index in [0.29, 0.717) is 0 Å². The molecule has 0 saturated heterocycles. The van der Waals surface area contributed by atoms with Crippen molar-refractivity contribution < 1.29 is 4.79 Å². The minimum Gasteiger partial charge on any atom is -0.294 e. The van der Waals surface area contributed by atoms with Gasteiger partial charge >= 0.3 is 0 Å². The molecule has 0 N–H and O–H groups in total. The summed E-state index contributed by atoms with van der Waals surface area (Å²) in [7, 11) is 0. The van der Waals surface area contributed by atoms with Gasteiger partial charge in [-0.05, 0) is 6.08 Å². The number of hydrogen-bond acceptors (Lipinski definition) is 1. The van der Waals surface area contributed by atoms with E-state index in [-0.39, 0.29) is 10.8 Å². The van der Waals surface area contributed by atoms with Gasteiger partial charge in [0.05, 0.1) is 16.7 Å². The first-order chi connectivity index (χ1) is 8.11. The lowest BCUT2D eigenvalue weighted by Crippen LogP contribution is -2.50. The first-order valence-electron chi connectivity index (χ1n) is 5.06. The molecule has 0 aromatic rings. The lowest BCUT2D eigenvalue weighted by molar-refractivity contribution is -0.119. The highest BCUT2D eigenvalue weighted by atomic mass is 35.5. The summed E-state index contributed by atoms with van der Waals surface area (Å²) >= 11 is 44.2. The van der Waals surface area contributed by atoms with Crippen LogP contribution in [0, 0.1) is 11.8 Å². The van der Waals surface area contributed by atoms with Crippen LogP contribution in [-0.4, -0.2) is 30.6 Å². The van der Waals surface area contributed by atoms with Gasteiger partial charge in [0, 0.05) is 11.0 Å². The van der Waals surface area contributed by atoms with Gasteiger partial charge in [-0.1, -0.05) is 34.8 Å². The second kappa shape index (κ2) is 3.80. The third-order valence-electron chi connectivity index (χ3n) is 4.14. The molecule has 0 amide bonds. The summed E-state index contributed by atoms with van der Waals surface area (Å²) in [5, 5.41) is -1.33. The molecule has 3 rings (SSSR count). The van der Waals surface area contributed by atoms with Crippen LogP contribution in [0.1, 0.15) is 0 Å². The predicted octanol–water partition coefficient (Wildman–Crippen LogP) is 4.30. The molecular weight excluding hydrogens is 384 g/mol. The number of rotatable bonds is 0. The fourth-order valence-electron chi connectivity index (χ4n) is 3.33. The highest BCUT2D eigenvalue weighted by Crippen LogP contribution is 2.77. The molecule has 2 saturated carbocycles. The smallest absolute Gasteiger partial charge is 0.162 e. The second-order valence-electron chi connectivity index (χ2n) is 4.80. The molecule has 8 heteroatoms. The fourth-order valence-corrected chi connectivity index (χ4v) is 7.17. The van der Waals surface area contributed by atoms with Crippen molar-refractivity contribution in [1.29, 1.82) is 0 Å². The predicted molar refractivity (Wildman–Crippen MR) is 76.8 cm³/mol. The highest BCUT2D eigenvalue weighted by Gasteiger charge is 2.88. The van der Waals surface area contributed by atoms with Gasteiger partial charge in [-0.2, -0.15) is 0 Å². The summed E-state index contributed by atoms with van der Waals surface area (Å²) in [4.78, 5) is 9.23. The van der Waals surface area contributed by atoms with Crippen LogP contribution in [0.3, 0.4) is 0 Å². The number of carbonyl (C=O) groups excluding carboxylic acids is 1. The van der Waals surface area contributed by atoms with Crippen molar-refractivity contribution in [2.45, 2.75) is 24.8 Å². The Morgan fingerprint density at radius 1 is 0.944 bits per heavy atom. The molecule has 0 spiro atoms. The number of fused-ring (bicyclic) bond motifs is 5.